The lowest BCUT2D eigenvalue weighted by atomic mass is 10.2. The first kappa shape index (κ1) is 18.7. The Kier molecular flexibility index (Phi) is 6.60. The fraction of sp³-hybridized carbons (Fsp3) is 0.0952. The Balaban J connectivity index is 1.78. The van der Waals surface area contributed by atoms with E-state index in [9.17, 15) is 10.1 Å². The molecule has 0 atom stereocenters. The monoisotopic (exact) mass is 377 g/mol. The molecule has 0 unspecified atom stereocenters. The van der Waals surface area contributed by atoms with Gasteiger partial charge < -0.3 is 0 Å². The highest BCUT2D eigenvalue weighted by Gasteiger charge is 2.16. The highest BCUT2D eigenvalue weighted by atomic mass is 32.2. The standard InChI is InChI=1S/C21H19N3O2S/c25-24(26)20-13-7-8-14-21(20)27-23(16-19-11-5-2-6-12-19)17-22-15-18-9-3-1-4-10-18/h1-14,17H,15-16H2. The van der Waals surface area contributed by atoms with E-state index in [0.717, 1.165) is 11.1 Å². The summed E-state index contributed by atoms with van der Waals surface area (Å²) >= 11 is 1.32. The molecule has 0 aliphatic rings. The zero-order chi connectivity index (χ0) is 18.9. The second-order valence-electron chi connectivity index (χ2n) is 5.82. The number of benzene rings is 3. The van der Waals surface area contributed by atoms with Crippen LogP contribution in [0.1, 0.15) is 11.1 Å². The summed E-state index contributed by atoms with van der Waals surface area (Å²) in [6.07, 6.45) is 1.75. The van der Waals surface area contributed by atoms with Crippen LogP contribution in [0.25, 0.3) is 0 Å². The highest BCUT2D eigenvalue weighted by Crippen LogP contribution is 2.31. The molecule has 0 aromatic heterocycles. The number of nitro groups is 1. The first-order chi connectivity index (χ1) is 13.2. The average Bonchev–Trinajstić information content (AvgIpc) is 2.70. The largest absolute Gasteiger partial charge is 0.298 e. The molecule has 0 saturated carbocycles. The van der Waals surface area contributed by atoms with Crippen LogP contribution in [0.2, 0.25) is 0 Å². The van der Waals surface area contributed by atoms with Gasteiger partial charge in [-0.2, -0.15) is 0 Å². The van der Waals surface area contributed by atoms with Crippen LogP contribution >= 0.6 is 11.9 Å². The second kappa shape index (κ2) is 9.54. The fourth-order valence-electron chi connectivity index (χ4n) is 2.49. The molecule has 0 spiro atoms. The minimum atomic E-state index is -0.357. The maximum atomic E-state index is 11.3. The molecule has 0 heterocycles. The van der Waals surface area contributed by atoms with Crippen LogP contribution in [0.3, 0.4) is 0 Å². The highest BCUT2D eigenvalue weighted by molar-refractivity contribution is 7.97. The molecule has 0 saturated heterocycles. The van der Waals surface area contributed by atoms with Crippen LogP contribution in [-0.4, -0.2) is 15.6 Å². The van der Waals surface area contributed by atoms with Gasteiger partial charge in [0.1, 0.15) is 4.90 Å². The zero-order valence-electron chi connectivity index (χ0n) is 14.6. The van der Waals surface area contributed by atoms with Crippen LogP contribution in [-0.2, 0) is 13.1 Å². The molecule has 5 nitrogen and oxygen atoms in total. The van der Waals surface area contributed by atoms with Gasteiger partial charge in [0.05, 0.1) is 24.4 Å². The van der Waals surface area contributed by atoms with E-state index in [1.165, 1.54) is 18.0 Å². The number of nitro benzene ring substituents is 1. The molecule has 0 aliphatic carbocycles. The van der Waals surface area contributed by atoms with Gasteiger partial charge in [0.25, 0.3) is 5.69 Å². The van der Waals surface area contributed by atoms with Crippen molar-refractivity contribution in [2.75, 3.05) is 0 Å². The molecule has 0 radical (unpaired) electrons. The van der Waals surface area contributed by atoms with E-state index in [4.69, 9.17) is 0 Å². The smallest absolute Gasteiger partial charge is 0.284 e. The van der Waals surface area contributed by atoms with Gasteiger partial charge in [-0.05, 0) is 29.1 Å². The molecule has 0 N–H and O–H groups in total. The number of hydrogen-bond acceptors (Lipinski definition) is 4. The molecule has 0 fully saturated rings. The van der Waals surface area contributed by atoms with Gasteiger partial charge in [-0.15, -0.1) is 0 Å². The minimum absolute atomic E-state index is 0.0945. The first-order valence-electron chi connectivity index (χ1n) is 8.48. The Hall–Kier alpha value is -3.12. The van der Waals surface area contributed by atoms with Crippen molar-refractivity contribution in [1.82, 2.24) is 4.31 Å². The summed E-state index contributed by atoms with van der Waals surface area (Å²) in [6, 6.07) is 26.7. The van der Waals surface area contributed by atoms with Crippen LogP contribution in [0.5, 0.6) is 0 Å². The van der Waals surface area contributed by atoms with Crippen molar-refractivity contribution in [3.63, 3.8) is 0 Å². The molecule has 3 aromatic rings. The molecule has 0 aliphatic heterocycles. The van der Waals surface area contributed by atoms with Gasteiger partial charge in [-0.3, -0.25) is 19.4 Å². The van der Waals surface area contributed by atoms with Crippen LogP contribution in [0.15, 0.2) is 94.8 Å². The third-order valence-corrected chi connectivity index (χ3v) is 4.79. The van der Waals surface area contributed by atoms with E-state index in [0.29, 0.717) is 18.0 Å². The Morgan fingerprint density at radius 1 is 0.889 bits per heavy atom. The SMILES string of the molecule is O=[N+]([O-])c1ccccc1SN(C=NCc1ccccc1)Cc1ccccc1. The third kappa shape index (κ3) is 5.69. The number of hydrogen-bond donors (Lipinski definition) is 0. The van der Waals surface area contributed by atoms with Crippen molar-refractivity contribution in [2.24, 2.45) is 4.99 Å². The van der Waals surface area contributed by atoms with E-state index in [1.807, 2.05) is 65.0 Å². The molecule has 0 amide bonds. The van der Waals surface area contributed by atoms with Crippen molar-refractivity contribution in [2.45, 2.75) is 18.0 Å². The van der Waals surface area contributed by atoms with Crippen molar-refractivity contribution >= 4 is 24.0 Å². The normalized spacial score (nSPS) is 10.8. The Labute approximate surface area is 162 Å². The van der Waals surface area contributed by atoms with Crippen molar-refractivity contribution < 1.29 is 4.92 Å². The maximum absolute atomic E-state index is 11.3. The molecule has 3 aromatic carbocycles. The lowest BCUT2D eigenvalue weighted by Gasteiger charge is -2.18. The second-order valence-corrected chi connectivity index (χ2v) is 6.91. The number of aliphatic imine (C=N–C) groups is 1. The molecule has 0 bridgehead atoms. The number of para-hydroxylation sites is 1. The van der Waals surface area contributed by atoms with E-state index in [-0.39, 0.29) is 10.6 Å². The van der Waals surface area contributed by atoms with Gasteiger partial charge >= 0.3 is 0 Å². The van der Waals surface area contributed by atoms with Crippen molar-refractivity contribution in [3.05, 3.63) is 106 Å². The minimum Gasteiger partial charge on any atom is -0.298 e. The zero-order valence-corrected chi connectivity index (χ0v) is 15.5. The Morgan fingerprint density at radius 3 is 2.15 bits per heavy atom. The molecule has 27 heavy (non-hydrogen) atoms. The van der Waals surface area contributed by atoms with Gasteiger partial charge in [0, 0.05) is 6.07 Å². The molecular weight excluding hydrogens is 358 g/mol. The average molecular weight is 377 g/mol. The molecular formula is C21H19N3O2S. The van der Waals surface area contributed by atoms with Gasteiger partial charge in [-0.1, -0.05) is 72.8 Å². The predicted molar refractivity (Wildman–Crippen MR) is 110 cm³/mol. The molecule has 6 heteroatoms. The summed E-state index contributed by atoms with van der Waals surface area (Å²) in [5, 5.41) is 11.3. The lowest BCUT2D eigenvalue weighted by molar-refractivity contribution is -0.387. The Morgan fingerprint density at radius 2 is 1.48 bits per heavy atom. The summed E-state index contributed by atoms with van der Waals surface area (Å²) in [4.78, 5) is 16.1. The van der Waals surface area contributed by atoms with E-state index < -0.39 is 0 Å². The summed E-state index contributed by atoms with van der Waals surface area (Å²) < 4.78 is 1.92. The van der Waals surface area contributed by atoms with Crippen LogP contribution in [0, 0.1) is 10.1 Å². The molecule has 3 rings (SSSR count). The molecule has 136 valence electrons. The topological polar surface area (TPSA) is 58.7 Å². The van der Waals surface area contributed by atoms with Crippen LogP contribution < -0.4 is 0 Å². The summed E-state index contributed by atoms with van der Waals surface area (Å²) in [7, 11) is 0. The predicted octanol–water partition coefficient (Wildman–Crippen LogP) is 5.33. The van der Waals surface area contributed by atoms with Gasteiger partial charge in [0.15, 0.2) is 0 Å². The maximum Gasteiger partial charge on any atom is 0.284 e. The van der Waals surface area contributed by atoms with Crippen molar-refractivity contribution in [1.29, 1.82) is 0 Å². The van der Waals surface area contributed by atoms with E-state index in [1.54, 1.807) is 24.5 Å². The van der Waals surface area contributed by atoms with Gasteiger partial charge in [0.2, 0.25) is 0 Å². The van der Waals surface area contributed by atoms with E-state index in [2.05, 4.69) is 4.99 Å². The summed E-state index contributed by atoms with van der Waals surface area (Å²) in [5.41, 5.74) is 2.32. The fourth-order valence-corrected chi connectivity index (χ4v) is 3.45. The van der Waals surface area contributed by atoms with Crippen LogP contribution in [0.4, 0.5) is 5.69 Å². The first-order valence-corrected chi connectivity index (χ1v) is 9.25. The quantitative estimate of drug-likeness (QED) is 0.175. The summed E-state index contributed by atoms with van der Waals surface area (Å²) in [6.45, 7) is 1.15. The van der Waals surface area contributed by atoms with Crippen molar-refractivity contribution in [3.8, 4) is 0 Å². The summed E-state index contributed by atoms with van der Waals surface area (Å²) in [5.74, 6) is 0. The Bertz CT molecular complexity index is 902. The van der Waals surface area contributed by atoms with E-state index >= 15 is 0 Å². The lowest BCUT2D eigenvalue weighted by Crippen LogP contribution is -2.13. The number of nitrogens with zero attached hydrogens (tertiary/aromatic N) is 3. The number of rotatable bonds is 8. The van der Waals surface area contributed by atoms with Gasteiger partial charge in [-0.25, -0.2) is 0 Å². The third-order valence-electron chi connectivity index (χ3n) is 3.79.